The van der Waals surface area contributed by atoms with Gasteiger partial charge in [-0.1, -0.05) is 86.3 Å². The molecule has 4 nitrogen and oxygen atoms in total. The SMILES string of the molecule is CC[C@H](C(=O)NC1CCCCC1)N(CCc1ccccc1)C(=O)CSCc1cccc(C)c1. The van der Waals surface area contributed by atoms with E-state index in [1.54, 1.807) is 11.8 Å². The van der Waals surface area contributed by atoms with Crippen LogP contribution in [0.1, 0.15) is 62.1 Å². The molecule has 0 heterocycles. The van der Waals surface area contributed by atoms with Crippen molar-refractivity contribution in [2.75, 3.05) is 12.3 Å². The minimum Gasteiger partial charge on any atom is -0.352 e. The fraction of sp³-hybridized carbons (Fsp3) is 0.500. The van der Waals surface area contributed by atoms with Gasteiger partial charge in [-0.2, -0.15) is 0 Å². The van der Waals surface area contributed by atoms with Crippen LogP contribution in [0.5, 0.6) is 0 Å². The molecule has 178 valence electrons. The zero-order valence-electron chi connectivity index (χ0n) is 20.1. The second-order valence-electron chi connectivity index (χ2n) is 9.07. The third-order valence-electron chi connectivity index (χ3n) is 6.40. The summed E-state index contributed by atoms with van der Waals surface area (Å²) < 4.78 is 0. The summed E-state index contributed by atoms with van der Waals surface area (Å²) in [7, 11) is 0. The van der Waals surface area contributed by atoms with Gasteiger partial charge < -0.3 is 10.2 Å². The first-order chi connectivity index (χ1) is 16.1. The van der Waals surface area contributed by atoms with Gasteiger partial charge in [-0.05, 0) is 43.7 Å². The first kappa shape index (κ1) is 25.4. The van der Waals surface area contributed by atoms with Gasteiger partial charge in [0.25, 0.3) is 0 Å². The lowest BCUT2D eigenvalue weighted by molar-refractivity contribution is -0.139. The Morgan fingerprint density at radius 3 is 2.45 bits per heavy atom. The van der Waals surface area contributed by atoms with Gasteiger partial charge in [0, 0.05) is 18.3 Å². The minimum absolute atomic E-state index is 0.00879. The highest BCUT2D eigenvalue weighted by Crippen LogP contribution is 2.19. The van der Waals surface area contributed by atoms with Crippen LogP contribution in [0.25, 0.3) is 0 Å². The summed E-state index contributed by atoms with van der Waals surface area (Å²) >= 11 is 1.63. The van der Waals surface area contributed by atoms with E-state index in [-0.39, 0.29) is 17.9 Å². The molecule has 2 amide bonds. The van der Waals surface area contributed by atoms with E-state index in [4.69, 9.17) is 0 Å². The van der Waals surface area contributed by atoms with Crippen molar-refractivity contribution in [3.63, 3.8) is 0 Å². The van der Waals surface area contributed by atoms with Crippen molar-refractivity contribution >= 4 is 23.6 Å². The van der Waals surface area contributed by atoms with Crippen molar-refractivity contribution in [2.24, 2.45) is 0 Å². The Morgan fingerprint density at radius 2 is 1.76 bits per heavy atom. The van der Waals surface area contributed by atoms with E-state index in [0.717, 1.165) is 25.0 Å². The van der Waals surface area contributed by atoms with Crippen LogP contribution in [-0.4, -0.2) is 41.1 Å². The van der Waals surface area contributed by atoms with Crippen molar-refractivity contribution in [1.82, 2.24) is 10.2 Å². The number of hydrogen-bond donors (Lipinski definition) is 1. The van der Waals surface area contributed by atoms with Crippen LogP contribution >= 0.6 is 11.8 Å². The number of nitrogens with one attached hydrogen (secondary N) is 1. The first-order valence-corrected chi connectivity index (χ1v) is 13.5. The van der Waals surface area contributed by atoms with Crippen molar-refractivity contribution in [1.29, 1.82) is 0 Å². The van der Waals surface area contributed by atoms with E-state index in [1.807, 2.05) is 30.0 Å². The van der Waals surface area contributed by atoms with Gasteiger partial charge in [0.1, 0.15) is 6.04 Å². The van der Waals surface area contributed by atoms with Crippen molar-refractivity contribution in [3.05, 3.63) is 71.3 Å². The second-order valence-corrected chi connectivity index (χ2v) is 10.1. The fourth-order valence-corrected chi connectivity index (χ4v) is 5.44. The monoisotopic (exact) mass is 466 g/mol. The molecule has 0 unspecified atom stereocenters. The molecule has 1 atom stereocenters. The lowest BCUT2D eigenvalue weighted by atomic mass is 9.95. The zero-order valence-corrected chi connectivity index (χ0v) is 20.9. The Balaban J connectivity index is 1.64. The molecule has 2 aromatic rings. The van der Waals surface area contributed by atoms with E-state index in [1.165, 1.54) is 36.0 Å². The first-order valence-electron chi connectivity index (χ1n) is 12.3. The molecule has 1 fully saturated rings. The van der Waals surface area contributed by atoms with E-state index >= 15 is 0 Å². The number of carbonyl (C=O) groups excluding carboxylic acids is 2. The number of nitrogens with zero attached hydrogens (tertiary/aromatic N) is 1. The maximum absolute atomic E-state index is 13.3. The summed E-state index contributed by atoms with van der Waals surface area (Å²) in [6.45, 7) is 4.65. The predicted molar refractivity (Wildman–Crippen MR) is 138 cm³/mol. The Hall–Kier alpha value is -2.27. The fourth-order valence-electron chi connectivity index (χ4n) is 4.58. The van der Waals surface area contributed by atoms with E-state index in [9.17, 15) is 9.59 Å². The van der Waals surface area contributed by atoms with Gasteiger partial charge in [0.15, 0.2) is 0 Å². The molecule has 0 saturated heterocycles. The third-order valence-corrected chi connectivity index (χ3v) is 7.39. The lowest BCUT2D eigenvalue weighted by Crippen LogP contribution is -2.52. The molecule has 0 spiro atoms. The van der Waals surface area contributed by atoms with Crippen LogP contribution < -0.4 is 5.32 Å². The quantitative estimate of drug-likeness (QED) is 0.474. The lowest BCUT2D eigenvalue weighted by Gasteiger charge is -2.32. The molecular formula is C28H38N2O2S. The van der Waals surface area contributed by atoms with Crippen LogP contribution in [0.15, 0.2) is 54.6 Å². The zero-order chi connectivity index (χ0) is 23.5. The highest BCUT2D eigenvalue weighted by molar-refractivity contribution is 7.99. The largest absolute Gasteiger partial charge is 0.352 e. The van der Waals surface area contributed by atoms with Gasteiger partial charge in [0.2, 0.25) is 11.8 Å². The molecule has 1 N–H and O–H groups in total. The molecule has 1 saturated carbocycles. The van der Waals surface area contributed by atoms with Crippen LogP contribution in [0.2, 0.25) is 0 Å². The third kappa shape index (κ3) is 8.22. The Labute approximate surface area is 203 Å². The number of amides is 2. The molecular weight excluding hydrogens is 428 g/mol. The van der Waals surface area contributed by atoms with E-state index in [0.29, 0.717) is 18.7 Å². The number of aryl methyl sites for hydroxylation is 1. The average molecular weight is 467 g/mol. The number of carbonyl (C=O) groups is 2. The summed E-state index contributed by atoms with van der Waals surface area (Å²) in [6, 6.07) is 18.4. The Morgan fingerprint density at radius 1 is 1.03 bits per heavy atom. The molecule has 1 aliphatic rings. The van der Waals surface area contributed by atoms with Crippen molar-refractivity contribution < 1.29 is 9.59 Å². The average Bonchev–Trinajstić information content (AvgIpc) is 2.83. The number of rotatable bonds is 11. The summed E-state index contributed by atoms with van der Waals surface area (Å²) in [4.78, 5) is 28.4. The van der Waals surface area contributed by atoms with Crippen LogP contribution in [-0.2, 0) is 21.8 Å². The van der Waals surface area contributed by atoms with Crippen molar-refractivity contribution in [2.45, 2.75) is 76.6 Å². The van der Waals surface area contributed by atoms with Crippen LogP contribution in [0.4, 0.5) is 0 Å². The van der Waals surface area contributed by atoms with E-state index < -0.39 is 6.04 Å². The van der Waals surface area contributed by atoms with Gasteiger partial charge in [-0.3, -0.25) is 9.59 Å². The standard InChI is InChI=1S/C28H38N2O2S/c1-3-26(28(32)29-25-15-8-5-9-16-25)30(18-17-23-12-6-4-7-13-23)27(31)21-33-20-24-14-10-11-22(2)19-24/h4,6-7,10-14,19,25-26H,3,5,8-9,15-18,20-21H2,1-2H3,(H,29,32)/t26-/m1/s1. The molecule has 0 bridgehead atoms. The Kier molecular flexibility index (Phi) is 10.3. The summed E-state index contributed by atoms with van der Waals surface area (Å²) in [5.74, 6) is 1.24. The molecule has 0 aromatic heterocycles. The van der Waals surface area contributed by atoms with Crippen molar-refractivity contribution in [3.8, 4) is 0 Å². The smallest absolute Gasteiger partial charge is 0.243 e. The Bertz CT molecular complexity index is 880. The second kappa shape index (κ2) is 13.4. The molecule has 33 heavy (non-hydrogen) atoms. The highest BCUT2D eigenvalue weighted by atomic mass is 32.2. The van der Waals surface area contributed by atoms with Gasteiger partial charge >= 0.3 is 0 Å². The van der Waals surface area contributed by atoms with Gasteiger partial charge in [-0.15, -0.1) is 11.8 Å². The normalized spacial score (nSPS) is 15.1. The number of thioether (sulfide) groups is 1. The molecule has 1 aliphatic carbocycles. The molecule has 0 aliphatic heterocycles. The van der Waals surface area contributed by atoms with Crippen LogP contribution in [0, 0.1) is 6.92 Å². The number of benzene rings is 2. The molecule has 3 rings (SSSR count). The van der Waals surface area contributed by atoms with Gasteiger partial charge in [-0.25, -0.2) is 0 Å². The number of hydrogen-bond acceptors (Lipinski definition) is 3. The maximum atomic E-state index is 13.3. The topological polar surface area (TPSA) is 49.4 Å². The molecule has 5 heteroatoms. The molecule has 0 radical (unpaired) electrons. The predicted octanol–water partition coefficient (Wildman–Crippen LogP) is 5.53. The van der Waals surface area contributed by atoms with Gasteiger partial charge in [0.05, 0.1) is 5.75 Å². The summed E-state index contributed by atoms with van der Waals surface area (Å²) in [5, 5.41) is 3.25. The minimum atomic E-state index is -0.414. The van der Waals surface area contributed by atoms with Crippen LogP contribution in [0.3, 0.4) is 0 Å². The maximum Gasteiger partial charge on any atom is 0.243 e. The summed E-state index contributed by atoms with van der Waals surface area (Å²) in [5.41, 5.74) is 3.64. The molecule has 2 aromatic carbocycles. The highest BCUT2D eigenvalue weighted by Gasteiger charge is 2.29. The van der Waals surface area contributed by atoms with E-state index in [2.05, 4.69) is 48.6 Å². The summed E-state index contributed by atoms with van der Waals surface area (Å²) in [6.07, 6.45) is 7.08.